The van der Waals surface area contributed by atoms with E-state index < -0.39 is 5.97 Å². The van der Waals surface area contributed by atoms with Crippen molar-refractivity contribution in [2.75, 3.05) is 26.3 Å². The molecule has 2 fully saturated rings. The van der Waals surface area contributed by atoms with Crippen molar-refractivity contribution in [3.8, 4) is 0 Å². The van der Waals surface area contributed by atoms with E-state index in [1.165, 1.54) is 25.7 Å². The quantitative estimate of drug-likeness (QED) is 0.812. The molecule has 6 heteroatoms. The van der Waals surface area contributed by atoms with Crippen molar-refractivity contribution in [2.24, 2.45) is 5.41 Å². The summed E-state index contributed by atoms with van der Waals surface area (Å²) < 4.78 is 5.30. The number of carboxylic acids is 1. The van der Waals surface area contributed by atoms with Crippen LogP contribution in [0.2, 0.25) is 0 Å². The standard InChI is InChI=1S/C15H26N2O4/c1-2-15(5-3-4-6-15)11-16-14(20)17-7-8-21-10-12(17)9-13(18)19/h12H,2-11H2,1H3,(H,16,20)(H,18,19). The first-order valence-electron chi connectivity index (χ1n) is 7.90. The van der Waals surface area contributed by atoms with Crippen molar-refractivity contribution in [1.29, 1.82) is 0 Å². The van der Waals surface area contributed by atoms with Crippen molar-refractivity contribution < 1.29 is 19.4 Å². The van der Waals surface area contributed by atoms with Crippen molar-refractivity contribution >= 4 is 12.0 Å². The van der Waals surface area contributed by atoms with Crippen LogP contribution in [0.25, 0.3) is 0 Å². The summed E-state index contributed by atoms with van der Waals surface area (Å²) in [5.41, 5.74) is 0.240. The molecule has 2 aliphatic rings. The zero-order valence-corrected chi connectivity index (χ0v) is 12.8. The number of carboxylic acid groups (broad SMARTS) is 1. The lowest BCUT2D eigenvalue weighted by molar-refractivity contribution is -0.139. The largest absolute Gasteiger partial charge is 0.481 e. The van der Waals surface area contributed by atoms with Gasteiger partial charge < -0.3 is 20.1 Å². The highest BCUT2D eigenvalue weighted by Crippen LogP contribution is 2.40. The molecule has 0 aromatic rings. The Hall–Kier alpha value is -1.30. The Kier molecular flexibility index (Phi) is 5.45. The maximum absolute atomic E-state index is 12.4. The van der Waals surface area contributed by atoms with Gasteiger partial charge in [0, 0.05) is 13.1 Å². The van der Waals surface area contributed by atoms with Crippen LogP contribution >= 0.6 is 0 Å². The zero-order chi connectivity index (χ0) is 15.3. The molecule has 2 rings (SSSR count). The van der Waals surface area contributed by atoms with E-state index in [1.54, 1.807) is 4.90 Å². The second-order valence-corrected chi connectivity index (χ2v) is 6.24. The van der Waals surface area contributed by atoms with Gasteiger partial charge in [0.1, 0.15) is 0 Å². The van der Waals surface area contributed by atoms with Crippen LogP contribution in [0.4, 0.5) is 4.79 Å². The molecule has 1 saturated heterocycles. The zero-order valence-electron chi connectivity index (χ0n) is 12.8. The molecular formula is C15H26N2O4. The van der Waals surface area contributed by atoms with Gasteiger partial charge in [-0.15, -0.1) is 0 Å². The van der Waals surface area contributed by atoms with E-state index in [2.05, 4.69) is 12.2 Å². The lowest BCUT2D eigenvalue weighted by Gasteiger charge is -2.36. The minimum absolute atomic E-state index is 0.0632. The van der Waals surface area contributed by atoms with Gasteiger partial charge in [-0.05, 0) is 24.7 Å². The van der Waals surface area contributed by atoms with E-state index in [0.29, 0.717) is 26.3 Å². The first kappa shape index (κ1) is 16.1. The molecule has 120 valence electrons. The average Bonchev–Trinajstić information content (AvgIpc) is 2.94. The van der Waals surface area contributed by atoms with Crippen LogP contribution in [0.3, 0.4) is 0 Å². The normalized spacial score (nSPS) is 24.8. The minimum Gasteiger partial charge on any atom is -0.481 e. The number of amides is 2. The summed E-state index contributed by atoms with van der Waals surface area (Å²) in [5.74, 6) is -0.899. The Labute approximate surface area is 125 Å². The predicted octanol–water partition coefficient (Wildman–Crippen LogP) is 1.84. The van der Waals surface area contributed by atoms with Gasteiger partial charge in [0.15, 0.2) is 0 Å². The fourth-order valence-electron chi connectivity index (χ4n) is 3.44. The minimum atomic E-state index is -0.899. The summed E-state index contributed by atoms with van der Waals surface area (Å²) in [4.78, 5) is 24.9. The molecule has 0 aromatic heterocycles. The number of urea groups is 1. The van der Waals surface area contributed by atoms with Gasteiger partial charge in [-0.2, -0.15) is 0 Å². The number of aliphatic carboxylic acids is 1. The number of hydrogen-bond acceptors (Lipinski definition) is 3. The molecule has 2 N–H and O–H groups in total. The first-order chi connectivity index (χ1) is 10.1. The third-order valence-electron chi connectivity index (χ3n) is 4.93. The van der Waals surface area contributed by atoms with Gasteiger partial charge >= 0.3 is 12.0 Å². The third kappa shape index (κ3) is 4.09. The molecule has 2 amide bonds. The number of hydrogen-bond donors (Lipinski definition) is 2. The molecule has 1 saturated carbocycles. The molecule has 6 nitrogen and oxygen atoms in total. The Morgan fingerprint density at radius 1 is 1.38 bits per heavy atom. The molecule has 21 heavy (non-hydrogen) atoms. The second kappa shape index (κ2) is 7.11. The maximum Gasteiger partial charge on any atom is 0.317 e. The number of carbonyl (C=O) groups excluding carboxylic acids is 1. The van der Waals surface area contributed by atoms with Crippen LogP contribution in [0.15, 0.2) is 0 Å². The van der Waals surface area contributed by atoms with Gasteiger partial charge in [-0.25, -0.2) is 4.79 Å². The van der Waals surface area contributed by atoms with Gasteiger partial charge in [0.05, 0.1) is 25.7 Å². The summed E-state index contributed by atoms with van der Waals surface area (Å²) in [7, 11) is 0. The van der Waals surface area contributed by atoms with Crippen LogP contribution in [0.1, 0.15) is 45.4 Å². The molecule has 1 unspecified atom stereocenters. The topological polar surface area (TPSA) is 78.9 Å². The lowest BCUT2D eigenvalue weighted by atomic mass is 9.83. The SMILES string of the molecule is CCC1(CNC(=O)N2CCOCC2CC(=O)O)CCCC1. The second-order valence-electron chi connectivity index (χ2n) is 6.24. The van der Waals surface area contributed by atoms with Crippen LogP contribution in [-0.2, 0) is 9.53 Å². The average molecular weight is 298 g/mol. The number of nitrogens with zero attached hydrogens (tertiary/aromatic N) is 1. The number of morpholine rings is 1. The van der Waals surface area contributed by atoms with Crippen molar-refractivity contribution in [3.05, 3.63) is 0 Å². The molecule has 1 heterocycles. The maximum atomic E-state index is 12.4. The third-order valence-corrected chi connectivity index (χ3v) is 4.93. The molecule has 0 spiro atoms. The monoisotopic (exact) mass is 298 g/mol. The Morgan fingerprint density at radius 3 is 2.71 bits per heavy atom. The predicted molar refractivity (Wildman–Crippen MR) is 78.2 cm³/mol. The molecular weight excluding hydrogens is 272 g/mol. The first-order valence-corrected chi connectivity index (χ1v) is 7.90. The lowest BCUT2D eigenvalue weighted by Crippen LogP contribution is -2.54. The summed E-state index contributed by atoms with van der Waals surface area (Å²) >= 11 is 0. The number of ether oxygens (including phenoxy) is 1. The van der Waals surface area contributed by atoms with E-state index in [-0.39, 0.29) is 23.9 Å². The van der Waals surface area contributed by atoms with Crippen molar-refractivity contribution in [2.45, 2.75) is 51.5 Å². The van der Waals surface area contributed by atoms with E-state index in [9.17, 15) is 9.59 Å². The summed E-state index contributed by atoms with van der Waals surface area (Å²) in [6, 6.07) is -0.512. The van der Waals surface area contributed by atoms with E-state index in [0.717, 1.165) is 6.42 Å². The molecule has 0 radical (unpaired) electrons. The number of carbonyl (C=O) groups is 2. The summed E-state index contributed by atoms with van der Waals surface area (Å²) in [6.07, 6.45) is 5.84. The molecule has 1 atom stereocenters. The van der Waals surface area contributed by atoms with Gasteiger partial charge in [-0.1, -0.05) is 19.8 Å². The highest BCUT2D eigenvalue weighted by atomic mass is 16.5. The Morgan fingerprint density at radius 2 is 2.10 bits per heavy atom. The molecule has 1 aliphatic heterocycles. The summed E-state index contributed by atoms with van der Waals surface area (Å²) in [6.45, 7) is 4.11. The Balaban J connectivity index is 1.89. The highest BCUT2D eigenvalue weighted by Gasteiger charge is 2.34. The number of rotatable bonds is 5. The van der Waals surface area contributed by atoms with E-state index >= 15 is 0 Å². The smallest absolute Gasteiger partial charge is 0.317 e. The van der Waals surface area contributed by atoms with Crippen molar-refractivity contribution in [3.63, 3.8) is 0 Å². The van der Waals surface area contributed by atoms with Gasteiger partial charge in [0.25, 0.3) is 0 Å². The fourth-order valence-corrected chi connectivity index (χ4v) is 3.44. The van der Waals surface area contributed by atoms with E-state index in [4.69, 9.17) is 9.84 Å². The van der Waals surface area contributed by atoms with Crippen LogP contribution in [0, 0.1) is 5.41 Å². The van der Waals surface area contributed by atoms with Crippen LogP contribution in [0.5, 0.6) is 0 Å². The van der Waals surface area contributed by atoms with Crippen LogP contribution in [-0.4, -0.2) is 54.4 Å². The van der Waals surface area contributed by atoms with E-state index in [1.807, 2.05) is 0 Å². The Bertz CT molecular complexity index is 380. The highest BCUT2D eigenvalue weighted by molar-refractivity contribution is 5.76. The number of nitrogens with one attached hydrogen (secondary N) is 1. The van der Waals surface area contributed by atoms with Gasteiger partial charge in [-0.3, -0.25) is 4.79 Å². The molecule has 0 aromatic carbocycles. The van der Waals surface area contributed by atoms with Crippen LogP contribution < -0.4 is 5.32 Å². The van der Waals surface area contributed by atoms with Crippen molar-refractivity contribution in [1.82, 2.24) is 10.2 Å². The fraction of sp³-hybridized carbons (Fsp3) is 0.867. The summed E-state index contributed by atoms with van der Waals surface area (Å²) in [5, 5.41) is 12.0. The van der Waals surface area contributed by atoms with Gasteiger partial charge in [0.2, 0.25) is 0 Å². The molecule has 1 aliphatic carbocycles. The molecule has 0 bridgehead atoms.